The van der Waals surface area contributed by atoms with Gasteiger partial charge < -0.3 is 9.84 Å². The number of carbonyl (C=O) groups excluding carboxylic acids is 2. The summed E-state index contributed by atoms with van der Waals surface area (Å²) in [6.07, 6.45) is 0. The Kier molecular flexibility index (Phi) is 7.88. The fourth-order valence-corrected chi connectivity index (χ4v) is 3.91. The van der Waals surface area contributed by atoms with Crippen LogP contribution in [0, 0.1) is 0 Å². The van der Waals surface area contributed by atoms with Crippen LogP contribution in [0.2, 0.25) is 0 Å². The molecule has 0 saturated carbocycles. The molecule has 0 unspecified atom stereocenters. The SMILES string of the molecule is O=C(CBr)c1ccc(OC(=O)c2ccc3ccccc3c2)cc1.O=C(O)c1ccc2ccccc2c1. The summed E-state index contributed by atoms with van der Waals surface area (Å²) >= 11 is 3.13. The number of hydrogen-bond donors (Lipinski definition) is 1. The molecule has 5 aromatic carbocycles. The van der Waals surface area contributed by atoms with Crippen molar-refractivity contribution in [3.8, 4) is 5.75 Å². The summed E-state index contributed by atoms with van der Waals surface area (Å²) in [5.41, 5.74) is 1.40. The number of benzene rings is 5. The molecule has 0 atom stereocenters. The van der Waals surface area contributed by atoms with Crippen LogP contribution in [-0.4, -0.2) is 28.2 Å². The lowest BCUT2D eigenvalue weighted by Gasteiger charge is -2.06. The second-order valence-electron chi connectivity index (χ2n) is 7.90. The number of hydrogen-bond acceptors (Lipinski definition) is 4. The first-order valence-electron chi connectivity index (χ1n) is 11.1. The molecule has 0 spiro atoms. The minimum absolute atomic E-state index is 0.0163. The van der Waals surface area contributed by atoms with Gasteiger partial charge >= 0.3 is 11.9 Å². The highest BCUT2D eigenvalue weighted by atomic mass is 79.9. The molecule has 0 aromatic heterocycles. The summed E-state index contributed by atoms with van der Waals surface area (Å²) in [6, 6.07) is 32.6. The van der Waals surface area contributed by atoms with Gasteiger partial charge in [0, 0.05) is 5.56 Å². The number of ketones is 1. The lowest BCUT2D eigenvalue weighted by atomic mass is 10.1. The van der Waals surface area contributed by atoms with Crippen molar-refractivity contribution in [3.05, 3.63) is 126 Å². The van der Waals surface area contributed by atoms with Gasteiger partial charge in [-0.1, -0.05) is 76.6 Å². The summed E-state index contributed by atoms with van der Waals surface area (Å²) in [5, 5.41) is 13.1. The highest BCUT2D eigenvalue weighted by molar-refractivity contribution is 9.09. The maximum atomic E-state index is 12.2. The summed E-state index contributed by atoms with van der Waals surface area (Å²) < 4.78 is 5.36. The van der Waals surface area contributed by atoms with Gasteiger partial charge in [0.25, 0.3) is 0 Å². The number of rotatable bonds is 5. The lowest BCUT2D eigenvalue weighted by molar-refractivity contribution is 0.0694. The Morgan fingerprint density at radius 1 is 0.611 bits per heavy atom. The van der Waals surface area contributed by atoms with Crippen molar-refractivity contribution in [1.29, 1.82) is 0 Å². The number of aromatic carboxylic acids is 1. The third-order valence-electron chi connectivity index (χ3n) is 5.49. The van der Waals surface area contributed by atoms with Crippen molar-refractivity contribution < 1.29 is 24.2 Å². The van der Waals surface area contributed by atoms with Gasteiger partial charge in [-0.2, -0.15) is 0 Å². The van der Waals surface area contributed by atoms with Crippen LogP contribution in [0.1, 0.15) is 31.1 Å². The van der Waals surface area contributed by atoms with Crippen LogP contribution in [0.15, 0.2) is 109 Å². The summed E-state index contributed by atoms with van der Waals surface area (Å²) in [6.45, 7) is 0. The van der Waals surface area contributed by atoms with Gasteiger partial charge in [0.1, 0.15) is 5.75 Å². The predicted molar refractivity (Wildman–Crippen MR) is 144 cm³/mol. The van der Waals surface area contributed by atoms with Gasteiger partial charge in [-0.15, -0.1) is 0 Å². The lowest BCUT2D eigenvalue weighted by Crippen LogP contribution is -2.08. The van der Waals surface area contributed by atoms with Crippen LogP contribution in [0.5, 0.6) is 5.75 Å². The summed E-state index contributed by atoms with van der Waals surface area (Å²) in [4.78, 5) is 34.4. The van der Waals surface area contributed by atoms with Crippen molar-refractivity contribution in [2.75, 3.05) is 5.33 Å². The van der Waals surface area contributed by atoms with E-state index in [2.05, 4.69) is 15.9 Å². The third-order valence-corrected chi connectivity index (χ3v) is 6.00. The van der Waals surface area contributed by atoms with Crippen molar-refractivity contribution in [2.24, 2.45) is 0 Å². The third kappa shape index (κ3) is 6.03. The number of fused-ring (bicyclic) bond motifs is 2. The molecule has 0 fully saturated rings. The van der Waals surface area contributed by atoms with E-state index in [-0.39, 0.29) is 11.1 Å². The molecule has 6 heteroatoms. The van der Waals surface area contributed by atoms with E-state index in [4.69, 9.17) is 9.84 Å². The first kappa shape index (κ1) is 24.8. The first-order valence-corrected chi connectivity index (χ1v) is 12.2. The van der Waals surface area contributed by atoms with E-state index < -0.39 is 11.9 Å². The molecule has 36 heavy (non-hydrogen) atoms. The Morgan fingerprint density at radius 3 is 1.61 bits per heavy atom. The molecule has 0 aliphatic heterocycles. The molecule has 0 bridgehead atoms. The number of ether oxygens (including phenoxy) is 1. The van der Waals surface area contributed by atoms with E-state index >= 15 is 0 Å². The second kappa shape index (κ2) is 11.4. The molecular formula is C30H21BrO5. The smallest absolute Gasteiger partial charge is 0.343 e. The molecule has 0 radical (unpaired) electrons. The van der Waals surface area contributed by atoms with Crippen LogP contribution in [-0.2, 0) is 0 Å². The van der Waals surface area contributed by atoms with Gasteiger partial charge in [0.05, 0.1) is 16.5 Å². The molecule has 5 nitrogen and oxygen atoms in total. The van der Waals surface area contributed by atoms with Gasteiger partial charge in [0.2, 0.25) is 0 Å². The first-order chi connectivity index (χ1) is 17.4. The van der Waals surface area contributed by atoms with Crippen LogP contribution >= 0.6 is 15.9 Å². The fraction of sp³-hybridized carbons (Fsp3) is 0.0333. The van der Waals surface area contributed by atoms with E-state index in [1.165, 1.54) is 0 Å². The number of Topliss-reactive ketones (excluding diaryl/α,β-unsaturated/α-hetero) is 1. The molecule has 5 rings (SSSR count). The maximum Gasteiger partial charge on any atom is 0.343 e. The number of halogens is 1. The number of carbonyl (C=O) groups is 3. The van der Waals surface area contributed by atoms with Crippen LogP contribution in [0.4, 0.5) is 0 Å². The molecule has 0 aliphatic rings. The van der Waals surface area contributed by atoms with E-state index in [0.717, 1.165) is 21.5 Å². The zero-order chi connectivity index (χ0) is 25.5. The minimum Gasteiger partial charge on any atom is -0.478 e. The number of alkyl halides is 1. The van der Waals surface area contributed by atoms with Crippen molar-refractivity contribution in [1.82, 2.24) is 0 Å². The number of esters is 1. The van der Waals surface area contributed by atoms with E-state index in [0.29, 0.717) is 22.4 Å². The predicted octanol–water partition coefficient (Wildman–Crippen LogP) is 7.17. The normalized spacial score (nSPS) is 10.4. The fourth-order valence-electron chi connectivity index (χ4n) is 3.59. The van der Waals surface area contributed by atoms with Crippen LogP contribution in [0.3, 0.4) is 0 Å². The average molecular weight is 541 g/mol. The molecule has 0 saturated heterocycles. The van der Waals surface area contributed by atoms with Crippen LogP contribution in [0.25, 0.3) is 21.5 Å². The minimum atomic E-state index is -0.884. The molecule has 0 aliphatic carbocycles. The quantitative estimate of drug-likeness (QED) is 0.110. The molecule has 5 aromatic rings. The summed E-state index contributed by atoms with van der Waals surface area (Å²) in [5.74, 6) is -0.909. The largest absolute Gasteiger partial charge is 0.478 e. The van der Waals surface area contributed by atoms with Crippen molar-refractivity contribution in [2.45, 2.75) is 0 Å². The Labute approximate surface area is 216 Å². The molecule has 1 N–H and O–H groups in total. The number of carboxylic acid groups (broad SMARTS) is 1. The molecule has 0 heterocycles. The van der Waals surface area contributed by atoms with Gasteiger partial charge in [0.15, 0.2) is 5.78 Å². The van der Waals surface area contributed by atoms with E-state index in [1.54, 1.807) is 48.5 Å². The molecular weight excluding hydrogens is 520 g/mol. The zero-order valence-corrected chi connectivity index (χ0v) is 20.6. The maximum absolute atomic E-state index is 12.2. The Balaban J connectivity index is 0.000000197. The highest BCUT2D eigenvalue weighted by Gasteiger charge is 2.10. The monoisotopic (exact) mass is 540 g/mol. The van der Waals surface area contributed by atoms with Crippen LogP contribution < -0.4 is 4.74 Å². The van der Waals surface area contributed by atoms with E-state index in [1.807, 2.05) is 60.7 Å². The molecule has 178 valence electrons. The Morgan fingerprint density at radius 2 is 1.08 bits per heavy atom. The van der Waals surface area contributed by atoms with Crippen molar-refractivity contribution >= 4 is 55.2 Å². The van der Waals surface area contributed by atoms with Gasteiger partial charge in [-0.3, -0.25) is 4.79 Å². The second-order valence-corrected chi connectivity index (χ2v) is 8.46. The molecule has 0 amide bonds. The van der Waals surface area contributed by atoms with Crippen molar-refractivity contribution in [3.63, 3.8) is 0 Å². The van der Waals surface area contributed by atoms with Gasteiger partial charge in [-0.25, -0.2) is 9.59 Å². The number of carboxylic acids is 1. The highest BCUT2D eigenvalue weighted by Crippen LogP contribution is 2.19. The summed E-state index contributed by atoms with van der Waals surface area (Å²) in [7, 11) is 0. The Hall–Kier alpha value is -4.29. The standard InChI is InChI=1S/C19H13BrO3.C11H8O2/c20-12-18(21)14-7-9-17(10-8-14)23-19(22)16-6-5-13-3-1-2-4-15(13)11-16;12-11(13)10-6-5-8-3-1-2-4-9(8)7-10/h1-11H,12H2;1-7H,(H,12,13). The van der Waals surface area contributed by atoms with E-state index in [9.17, 15) is 14.4 Å². The Bertz CT molecular complexity index is 1560. The average Bonchev–Trinajstić information content (AvgIpc) is 2.92. The topological polar surface area (TPSA) is 80.7 Å². The van der Waals surface area contributed by atoms with Gasteiger partial charge in [-0.05, 0) is 70.1 Å². The zero-order valence-electron chi connectivity index (χ0n) is 19.1.